The van der Waals surface area contributed by atoms with Crippen LogP contribution < -0.4 is 0 Å². The van der Waals surface area contributed by atoms with Gasteiger partial charge in [0.05, 0.1) is 0 Å². The van der Waals surface area contributed by atoms with Crippen LogP contribution in [0.4, 0.5) is 0 Å². The Kier molecular flexibility index (Phi) is 9.83. The van der Waals surface area contributed by atoms with Gasteiger partial charge in [0.15, 0.2) is 0 Å². The normalized spacial score (nSPS) is 12.4. The zero-order valence-electron chi connectivity index (χ0n) is 23.9. The van der Waals surface area contributed by atoms with Gasteiger partial charge >= 0.3 is 0 Å². The monoisotopic (exact) mass is 448 g/mol. The minimum atomic E-state index is 0.570. The Morgan fingerprint density at radius 2 is 0.697 bits per heavy atom. The van der Waals surface area contributed by atoms with Gasteiger partial charge in [0.2, 0.25) is 0 Å². The lowest BCUT2D eigenvalue weighted by atomic mass is 9.78. The summed E-state index contributed by atoms with van der Waals surface area (Å²) >= 11 is 0. The molecule has 0 spiro atoms. The molecule has 0 bridgehead atoms. The lowest BCUT2D eigenvalue weighted by Crippen LogP contribution is -2.11. The smallest absolute Gasteiger partial charge is 0.0213 e. The van der Waals surface area contributed by atoms with Crippen LogP contribution in [-0.2, 0) is 12.8 Å². The third-order valence-corrected chi connectivity index (χ3v) is 7.27. The van der Waals surface area contributed by atoms with Crippen molar-refractivity contribution >= 4 is 0 Å². The third-order valence-electron chi connectivity index (χ3n) is 7.27. The van der Waals surface area contributed by atoms with Crippen molar-refractivity contribution in [3.63, 3.8) is 0 Å². The fourth-order valence-electron chi connectivity index (χ4n) is 5.96. The molecule has 0 radical (unpaired) electrons. The summed E-state index contributed by atoms with van der Waals surface area (Å²) in [5.41, 5.74) is 12.7. The summed E-state index contributed by atoms with van der Waals surface area (Å²) in [5, 5.41) is 0. The number of benzene rings is 2. The lowest BCUT2D eigenvalue weighted by molar-refractivity contribution is 0.711. The predicted octanol–water partition coefficient (Wildman–Crippen LogP) is 10.6. The van der Waals surface area contributed by atoms with Gasteiger partial charge < -0.3 is 0 Å². The molecule has 2 rings (SSSR count). The topological polar surface area (TPSA) is 0 Å². The summed E-state index contributed by atoms with van der Waals surface area (Å²) in [7, 11) is 0. The van der Waals surface area contributed by atoms with Gasteiger partial charge in [-0.15, -0.1) is 0 Å². The number of hydrogen-bond donors (Lipinski definition) is 0. The van der Waals surface area contributed by atoms with Crippen LogP contribution in [0.1, 0.15) is 170 Å². The van der Waals surface area contributed by atoms with Crippen molar-refractivity contribution in [1.82, 2.24) is 0 Å². The maximum absolute atomic E-state index is 2.45. The predicted molar refractivity (Wildman–Crippen MR) is 149 cm³/mol. The van der Waals surface area contributed by atoms with Crippen LogP contribution in [0.25, 0.3) is 0 Å². The van der Waals surface area contributed by atoms with Gasteiger partial charge in [-0.25, -0.2) is 0 Å². The van der Waals surface area contributed by atoms with Gasteiger partial charge in [0, 0.05) is 0 Å². The molecule has 2 aromatic carbocycles. The van der Waals surface area contributed by atoms with Crippen molar-refractivity contribution in [2.45, 2.75) is 138 Å². The van der Waals surface area contributed by atoms with E-state index in [1.165, 1.54) is 19.3 Å². The molecule has 0 atom stereocenters. The molecule has 0 aliphatic rings. The largest absolute Gasteiger partial charge is 0.0587 e. The first-order chi connectivity index (χ1) is 15.4. The molecule has 0 heteroatoms. The maximum atomic E-state index is 2.45. The average molecular weight is 449 g/mol. The van der Waals surface area contributed by atoms with E-state index in [1.807, 2.05) is 0 Å². The van der Waals surface area contributed by atoms with Crippen LogP contribution in [0.5, 0.6) is 0 Å². The average Bonchev–Trinajstić information content (AvgIpc) is 2.71. The SMILES string of the molecule is CC(C)c1ccc(CCCc2ccc(C(C)C)c(C(C)C)c2C(C)C)c(C(C)C)c1C(C)C. The Morgan fingerprint density at radius 1 is 0.394 bits per heavy atom. The van der Waals surface area contributed by atoms with Crippen LogP contribution in [-0.4, -0.2) is 0 Å². The first kappa shape index (κ1) is 27.7. The summed E-state index contributed by atoms with van der Waals surface area (Å²) in [6, 6.07) is 9.74. The van der Waals surface area contributed by atoms with E-state index in [0.717, 1.165) is 0 Å². The number of hydrogen-bond acceptors (Lipinski definition) is 0. The van der Waals surface area contributed by atoms with Crippen LogP contribution in [0.2, 0.25) is 0 Å². The highest BCUT2D eigenvalue weighted by Gasteiger charge is 2.22. The highest BCUT2D eigenvalue weighted by atomic mass is 14.3. The molecule has 33 heavy (non-hydrogen) atoms. The summed E-state index contributed by atoms with van der Waals surface area (Å²) in [4.78, 5) is 0. The molecule has 0 amide bonds. The van der Waals surface area contributed by atoms with E-state index in [2.05, 4.69) is 107 Å². The van der Waals surface area contributed by atoms with Crippen molar-refractivity contribution in [2.75, 3.05) is 0 Å². The Balaban J connectivity index is 2.41. The molecule has 0 aromatic heterocycles. The minimum absolute atomic E-state index is 0.570. The van der Waals surface area contributed by atoms with Crippen LogP contribution >= 0.6 is 0 Å². The summed E-state index contributed by atoms with van der Waals surface area (Å²) < 4.78 is 0. The molecule has 0 fully saturated rings. The molecular formula is C33H52. The van der Waals surface area contributed by atoms with E-state index in [4.69, 9.17) is 0 Å². The standard InChI is InChI=1S/C33H52/c1-20(2)28-18-16-26(30(22(5)6)32(28)24(9)10)14-13-15-27-17-19-29(21(3)4)33(25(11)12)31(27)23(7)8/h16-25H,13-15H2,1-12H3. The van der Waals surface area contributed by atoms with Gasteiger partial charge in [-0.1, -0.05) is 107 Å². The van der Waals surface area contributed by atoms with Gasteiger partial charge in [-0.3, -0.25) is 0 Å². The molecule has 0 unspecified atom stereocenters. The first-order valence-corrected chi connectivity index (χ1v) is 13.7. The molecule has 0 heterocycles. The zero-order valence-corrected chi connectivity index (χ0v) is 23.9. The summed E-state index contributed by atoms with van der Waals surface area (Å²) in [6.45, 7) is 28.4. The molecular weight excluding hydrogens is 396 g/mol. The molecule has 2 aromatic rings. The highest BCUT2D eigenvalue weighted by Crippen LogP contribution is 2.38. The second-order valence-electron chi connectivity index (χ2n) is 12.1. The molecule has 0 saturated heterocycles. The molecule has 0 nitrogen and oxygen atoms in total. The fourth-order valence-corrected chi connectivity index (χ4v) is 5.96. The van der Waals surface area contributed by atoms with Gasteiger partial charge in [0.1, 0.15) is 0 Å². The van der Waals surface area contributed by atoms with Gasteiger partial charge in [-0.05, 0) is 99.3 Å². The van der Waals surface area contributed by atoms with Crippen LogP contribution in [0, 0.1) is 0 Å². The van der Waals surface area contributed by atoms with E-state index >= 15 is 0 Å². The second-order valence-corrected chi connectivity index (χ2v) is 12.1. The third kappa shape index (κ3) is 6.32. The summed E-state index contributed by atoms with van der Waals surface area (Å²) in [5.74, 6) is 3.45. The van der Waals surface area contributed by atoms with E-state index in [0.29, 0.717) is 35.5 Å². The molecule has 184 valence electrons. The van der Waals surface area contributed by atoms with E-state index in [1.54, 1.807) is 44.5 Å². The maximum Gasteiger partial charge on any atom is -0.0213 e. The highest BCUT2D eigenvalue weighted by molar-refractivity contribution is 5.48. The fraction of sp³-hybridized carbons (Fsp3) is 0.636. The van der Waals surface area contributed by atoms with Crippen LogP contribution in [0.15, 0.2) is 24.3 Å². The van der Waals surface area contributed by atoms with Crippen molar-refractivity contribution in [2.24, 2.45) is 0 Å². The Labute approximate surface area is 206 Å². The Bertz CT molecular complexity index is 831. The van der Waals surface area contributed by atoms with E-state index in [9.17, 15) is 0 Å². The lowest BCUT2D eigenvalue weighted by Gasteiger charge is -2.27. The zero-order chi connectivity index (χ0) is 25.0. The van der Waals surface area contributed by atoms with Gasteiger partial charge in [-0.2, -0.15) is 0 Å². The first-order valence-electron chi connectivity index (χ1n) is 13.7. The Morgan fingerprint density at radius 3 is 0.939 bits per heavy atom. The molecule has 0 aliphatic heterocycles. The van der Waals surface area contributed by atoms with Crippen molar-refractivity contribution in [3.8, 4) is 0 Å². The molecule has 0 saturated carbocycles. The van der Waals surface area contributed by atoms with E-state index < -0.39 is 0 Å². The minimum Gasteiger partial charge on any atom is -0.0587 e. The Hall–Kier alpha value is -1.56. The van der Waals surface area contributed by atoms with Gasteiger partial charge in [0.25, 0.3) is 0 Å². The van der Waals surface area contributed by atoms with Crippen LogP contribution in [0.3, 0.4) is 0 Å². The van der Waals surface area contributed by atoms with E-state index in [-0.39, 0.29) is 0 Å². The molecule has 0 N–H and O–H groups in total. The van der Waals surface area contributed by atoms with Crippen molar-refractivity contribution in [1.29, 1.82) is 0 Å². The summed E-state index contributed by atoms with van der Waals surface area (Å²) in [6.07, 6.45) is 3.56. The quantitative estimate of drug-likeness (QED) is 0.339. The van der Waals surface area contributed by atoms with Crippen molar-refractivity contribution < 1.29 is 0 Å². The molecule has 0 aliphatic carbocycles. The number of rotatable bonds is 10. The van der Waals surface area contributed by atoms with Crippen molar-refractivity contribution in [3.05, 3.63) is 68.8 Å². The second kappa shape index (κ2) is 11.7. The number of aryl methyl sites for hydroxylation is 2.